The van der Waals surface area contributed by atoms with Crippen LogP contribution in [0.25, 0.3) is 21.5 Å². The van der Waals surface area contributed by atoms with Gasteiger partial charge in [-0.1, -0.05) is 18.2 Å². The number of para-hydroxylation sites is 1. The van der Waals surface area contributed by atoms with Crippen molar-refractivity contribution in [2.75, 3.05) is 7.11 Å². The molecule has 0 aliphatic carbocycles. The number of hydrogen-bond acceptors (Lipinski definition) is 5. The monoisotopic (exact) mass is 406 g/mol. The third-order valence-corrected chi connectivity index (χ3v) is 5.67. The van der Waals surface area contributed by atoms with E-state index in [1.54, 1.807) is 20.2 Å². The fourth-order valence-corrected chi connectivity index (χ4v) is 3.93. The van der Waals surface area contributed by atoms with Gasteiger partial charge in [-0.3, -0.25) is 20.4 Å². The zero-order chi connectivity index (χ0) is 20.4. The number of H-pyrrole nitrogens is 1. The molecule has 0 atom stereocenters. The van der Waals surface area contributed by atoms with Crippen LogP contribution in [0.2, 0.25) is 0 Å². The summed E-state index contributed by atoms with van der Waals surface area (Å²) in [4.78, 5) is 33.0. The van der Waals surface area contributed by atoms with Gasteiger partial charge in [0.2, 0.25) is 0 Å². The Hall–Kier alpha value is -3.65. The Morgan fingerprint density at radius 3 is 2.52 bits per heavy atom. The smallest absolute Gasteiger partial charge is 0.281 e. The number of rotatable bonds is 4. The van der Waals surface area contributed by atoms with Crippen LogP contribution < -0.4 is 15.6 Å². The predicted molar refractivity (Wildman–Crippen MR) is 112 cm³/mol. The number of ether oxygens (including phenoxy) is 1. The van der Waals surface area contributed by atoms with Gasteiger partial charge in [0.15, 0.2) is 0 Å². The van der Waals surface area contributed by atoms with Crippen LogP contribution in [0.4, 0.5) is 0 Å². The molecule has 146 valence electrons. The summed E-state index contributed by atoms with van der Waals surface area (Å²) in [6, 6.07) is 14.9. The van der Waals surface area contributed by atoms with Gasteiger partial charge in [-0.2, -0.15) is 0 Å². The van der Waals surface area contributed by atoms with Crippen molar-refractivity contribution in [3.8, 4) is 16.3 Å². The van der Waals surface area contributed by atoms with Crippen molar-refractivity contribution in [2.45, 2.75) is 6.92 Å². The number of fused-ring (bicyclic) bond motifs is 1. The molecule has 0 saturated heterocycles. The van der Waals surface area contributed by atoms with Gasteiger partial charge in [-0.25, -0.2) is 4.98 Å². The predicted octanol–water partition coefficient (Wildman–Crippen LogP) is 3.68. The van der Waals surface area contributed by atoms with Gasteiger partial charge in [0, 0.05) is 22.7 Å². The molecule has 2 amide bonds. The highest BCUT2D eigenvalue weighted by Crippen LogP contribution is 2.29. The van der Waals surface area contributed by atoms with Crippen molar-refractivity contribution in [2.24, 2.45) is 0 Å². The standard InChI is InChI=1S/C21H18N4O3S/c1-12-18(29-21(23-12)13-7-9-14(28-2)10-8-13)20(27)25-24-19(26)16-11-22-17-6-4-3-5-15(16)17/h3-11,22H,1-2H3,(H,24,26)(H,25,27). The first-order chi connectivity index (χ1) is 14.1. The number of nitrogens with zero attached hydrogens (tertiary/aromatic N) is 1. The van der Waals surface area contributed by atoms with E-state index in [9.17, 15) is 9.59 Å². The second kappa shape index (κ2) is 7.76. The lowest BCUT2D eigenvalue weighted by molar-refractivity contribution is 0.0849. The quantitative estimate of drug-likeness (QED) is 0.451. The topological polar surface area (TPSA) is 96.1 Å². The van der Waals surface area contributed by atoms with E-state index in [0.717, 1.165) is 27.2 Å². The summed E-state index contributed by atoms with van der Waals surface area (Å²) in [6.07, 6.45) is 1.62. The minimum atomic E-state index is -0.409. The number of carbonyl (C=O) groups excluding carboxylic acids is 2. The molecular formula is C21H18N4O3S. The summed E-state index contributed by atoms with van der Waals surface area (Å²) in [5, 5.41) is 1.51. The fraction of sp³-hybridized carbons (Fsp3) is 0.0952. The van der Waals surface area contributed by atoms with Crippen LogP contribution >= 0.6 is 11.3 Å². The first kappa shape index (κ1) is 18.7. The van der Waals surface area contributed by atoms with E-state index in [2.05, 4.69) is 20.8 Å². The fourth-order valence-electron chi connectivity index (χ4n) is 2.96. The largest absolute Gasteiger partial charge is 0.497 e. The van der Waals surface area contributed by atoms with Crippen LogP contribution in [0.15, 0.2) is 54.7 Å². The maximum Gasteiger partial charge on any atom is 0.281 e. The highest BCUT2D eigenvalue weighted by Gasteiger charge is 2.18. The molecule has 7 nitrogen and oxygen atoms in total. The number of aromatic amines is 1. The van der Waals surface area contributed by atoms with Crippen LogP contribution in [0, 0.1) is 6.92 Å². The Labute approximate surface area is 170 Å². The van der Waals surface area contributed by atoms with Crippen molar-refractivity contribution in [3.05, 3.63) is 70.9 Å². The molecule has 0 fully saturated rings. The Kier molecular flexibility index (Phi) is 5.01. The van der Waals surface area contributed by atoms with Gasteiger partial charge in [0.25, 0.3) is 11.8 Å². The Morgan fingerprint density at radius 1 is 1.03 bits per heavy atom. The van der Waals surface area contributed by atoms with Gasteiger partial charge in [-0.05, 0) is 37.3 Å². The third-order valence-electron chi connectivity index (χ3n) is 4.46. The molecule has 0 aliphatic heterocycles. The van der Waals surface area contributed by atoms with Gasteiger partial charge >= 0.3 is 0 Å². The molecule has 2 aromatic heterocycles. The number of hydrazine groups is 1. The van der Waals surface area contributed by atoms with Crippen LogP contribution in [0.1, 0.15) is 25.7 Å². The lowest BCUT2D eigenvalue weighted by atomic mass is 10.2. The van der Waals surface area contributed by atoms with Gasteiger partial charge < -0.3 is 9.72 Å². The second-order valence-electron chi connectivity index (χ2n) is 6.32. The molecule has 4 aromatic rings. The first-order valence-electron chi connectivity index (χ1n) is 8.85. The number of benzene rings is 2. The van der Waals surface area contributed by atoms with Crippen molar-refractivity contribution >= 4 is 34.1 Å². The lowest BCUT2D eigenvalue weighted by Gasteiger charge is -2.06. The summed E-state index contributed by atoms with van der Waals surface area (Å²) in [6.45, 7) is 1.76. The lowest BCUT2D eigenvalue weighted by Crippen LogP contribution is -2.41. The van der Waals surface area contributed by atoms with Crippen molar-refractivity contribution in [1.29, 1.82) is 0 Å². The van der Waals surface area contributed by atoms with Crippen LogP contribution in [0.3, 0.4) is 0 Å². The van der Waals surface area contributed by atoms with Gasteiger partial charge in [0.05, 0.1) is 18.4 Å². The molecule has 3 N–H and O–H groups in total. The number of amides is 2. The number of aryl methyl sites for hydroxylation is 1. The molecule has 0 unspecified atom stereocenters. The molecule has 8 heteroatoms. The van der Waals surface area contributed by atoms with Crippen molar-refractivity contribution < 1.29 is 14.3 Å². The molecular weight excluding hydrogens is 388 g/mol. The normalized spacial score (nSPS) is 10.7. The molecule has 0 radical (unpaired) electrons. The molecule has 0 saturated carbocycles. The zero-order valence-electron chi connectivity index (χ0n) is 15.8. The van der Waals surface area contributed by atoms with Gasteiger partial charge in [0.1, 0.15) is 15.6 Å². The average Bonchev–Trinajstić information content (AvgIpc) is 3.35. The van der Waals surface area contributed by atoms with E-state index in [1.165, 1.54) is 11.3 Å². The molecule has 4 rings (SSSR count). The maximum absolute atomic E-state index is 12.6. The van der Waals surface area contributed by atoms with E-state index < -0.39 is 11.8 Å². The average molecular weight is 406 g/mol. The summed E-state index contributed by atoms with van der Waals surface area (Å²) < 4.78 is 5.16. The Bertz CT molecular complexity index is 1190. The van der Waals surface area contributed by atoms with Crippen LogP contribution in [-0.2, 0) is 0 Å². The summed E-state index contributed by atoms with van der Waals surface area (Å²) >= 11 is 1.26. The Morgan fingerprint density at radius 2 is 1.76 bits per heavy atom. The van der Waals surface area contributed by atoms with Gasteiger partial charge in [-0.15, -0.1) is 11.3 Å². The summed E-state index contributed by atoms with van der Waals surface area (Å²) in [5.41, 5.74) is 7.74. The number of thiazole rings is 1. The summed E-state index contributed by atoms with van der Waals surface area (Å²) in [5.74, 6) is -0.0544. The molecule has 0 spiro atoms. The minimum Gasteiger partial charge on any atom is -0.497 e. The van der Waals surface area contributed by atoms with E-state index in [4.69, 9.17) is 4.74 Å². The molecule has 0 bridgehead atoms. The minimum absolute atomic E-state index is 0.395. The number of nitrogens with one attached hydrogen (secondary N) is 3. The second-order valence-corrected chi connectivity index (χ2v) is 7.32. The van der Waals surface area contributed by atoms with E-state index >= 15 is 0 Å². The third kappa shape index (κ3) is 3.70. The molecule has 2 aromatic carbocycles. The summed E-state index contributed by atoms with van der Waals surface area (Å²) in [7, 11) is 1.61. The number of hydrogen-bond donors (Lipinski definition) is 3. The van der Waals surface area contributed by atoms with E-state index in [1.807, 2.05) is 48.5 Å². The zero-order valence-corrected chi connectivity index (χ0v) is 16.6. The molecule has 2 heterocycles. The molecule has 29 heavy (non-hydrogen) atoms. The van der Waals surface area contributed by atoms with E-state index in [0.29, 0.717) is 16.1 Å². The highest BCUT2D eigenvalue weighted by atomic mass is 32.1. The van der Waals surface area contributed by atoms with Crippen molar-refractivity contribution in [3.63, 3.8) is 0 Å². The molecule has 0 aliphatic rings. The number of carbonyl (C=O) groups is 2. The number of aromatic nitrogens is 2. The first-order valence-corrected chi connectivity index (χ1v) is 9.67. The highest BCUT2D eigenvalue weighted by molar-refractivity contribution is 7.17. The van der Waals surface area contributed by atoms with Crippen LogP contribution in [0.5, 0.6) is 5.75 Å². The van der Waals surface area contributed by atoms with E-state index in [-0.39, 0.29) is 0 Å². The SMILES string of the molecule is COc1ccc(-c2nc(C)c(C(=O)NNC(=O)c3c[nH]c4ccccc34)s2)cc1. The van der Waals surface area contributed by atoms with Crippen LogP contribution in [-0.4, -0.2) is 28.9 Å². The van der Waals surface area contributed by atoms with Crippen molar-refractivity contribution in [1.82, 2.24) is 20.8 Å². The number of methoxy groups -OCH3 is 1. The Balaban J connectivity index is 1.47. The maximum atomic E-state index is 12.6.